The van der Waals surface area contributed by atoms with E-state index >= 15 is 0 Å². The molecule has 0 aromatic carbocycles. The van der Waals surface area contributed by atoms with Gasteiger partial charge in [-0.2, -0.15) is 0 Å². The lowest BCUT2D eigenvalue weighted by Crippen LogP contribution is -2.66. The molecule has 0 aromatic rings. The van der Waals surface area contributed by atoms with E-state index < -0.39 is 59.1 Å². The average Bonchev–Trinajstić information content (AvgIpc) is 2.75. The van der Waals surface area contributed by atoms with Crippen LogP contribution < -0.4 is 0 Å². The lowest BCUT2D eigenvalue weighted by Gasteiger charge is -2.65. The molecule has 3 rings (SSSR count). The summed E-state index contributed by atoms with van der Waals surface area (Å²) in [4.78, 5) is 47.7. The number of aliphatic hydroxyl groups is 1. The minimum absolute atomic E-state index is 0.0325. The minimum Gasteiger partial charge on any atom is -0.463 e. The first-order valence-electron chi connectivity index (χ1n) is 13.4. The summed E-state index contributed by atoms with van der Waals surface area (Å²) in [7, 11) is 0. The van der Waals surface area contributed by atoms with Crippen molar-refractivity contribution in [1.82, 2.24) is 0 Å². The molecule has 0 amide bonds. The van der Waals surface area contributed by atoms with Crippen LogP contribution in [0.25, 0.3) is 0 Å². The fraction of sp³-hybridized carbons (Fsp3) is 0.857. The van der Waals surface area contributed by atoms with Crippen molar-refractivity contribution in [2.75, 3.05) is 6.61 Å². The normalized spacial score (nSPS) is 39.3. The molecular formula is C28H44O9. The number of hydrogen-bond donors (Lipinski definition) is 1. The molecule has 9 unspecified atom stereocenters. The van der Waals surface area contributed by atoms with E-state index in [4.69, 9.17) is 18.9 Å². The molecule has 0 aliphatic heterocycles. The summed E-state index contributed by atoms with van der Waals surface area (Å²) in [5.41, 5.74) is -1.54. The summed E-state index contributed by atoms with van der Waals surface area (Å²) in [6.07, 6.45) is 0.743. The molecular weight excluding hydrogens is 480 g/mol. The van der Waals surface area contributed by atoms with Crippen molar-refractivity contribution in [2.24, 2.45) is 34.0 Å². The van der Waals surface area contributed by atoms with Crippen molar-refractivity contribution in [3.63, 3.8) is 0 Å². The molecule has 3 aliphatic carbocycles. The van der Waals surface area contributed by atoms with Crippen LogP contribution in [-0.2, 0) is 38.1 Å². The Morgan fingerprint density at radius 3 is 1.92 bits per heavy atom. The summed E-state index contributed by atoms with van der Waals surface area (Å²) < 4.78 is 22.6. The van der Waals surface area contributed by atoms with Crippen molar-refractivity contribution >= 4 is 23.9 Å². The number of esters is 4. The number of fused-ring (bicyclic) bond motifs is 3. The van der Waals surface area contributed by atoms with Gasteiger partial charge in [-0.25, -0.2) is 0 Å². The van der Waals surface area contributed by atoms with Gasteiger partial charge in [0.1, 0.15) is 24.9 Å². The highest BCUT2D eigenvalue weighted by Gasteiger charge is 2.66. The third-order valence-corrected chi connectivity index (χ3v) is 9.70. The Morgan fingerprint density at radius 1 is 0.811 bits per heavy atom. The van der Waals surface area contributed by atoms with E-state index in [1.165, 1.54) is 27.7 Å². The summed E-state index contributed by atoms with van der Waals surface area (Å²) >= 11 is 0. The smallest absolute Gasteiger partial charge is 0.303 e. The highest BCUT2D eigenvalue weighted by molar-refractivity contribution is 5.68. The predicted molar refractivity (Wildman–Crippen MR) is 133 cm³/mol. The maximum Gasteiger partial charge on any atom is 0.303 e. The van der Waals surface area contributed by atoms with Crippen LogP contribution in [-0.4, -0.2) is 60.0 Å². The van der Waals surface area contributed by atoms with Crippen LogP contribution in [0.3, 0.4) is 0 Å². The summed E-state index contributed by atoms with van der Waals surface area (Å²) in [5, 5.41) is 11.1. The molecule has 0 saturated heterocycles. The molecule has 3 aliphatic rings. The Labute approximate surface area is 219 Å². The molecule has 0 radical (unpaired) electrons. The second-order valence-electron chi connectivity index (χ2n) is 12.5. The van der Waals surface area contributed by atoms with Crippen molar-refractivity contribution in [2.45, 2.75) is 112 Å². The van der Waals surface area contributed by atoms with Gasteiger partial charge < -0.3 is 24.1 Å². The molecule has 210 valence electrons. The standard InChI is InChI=1S/C28H44O9/c1-15(29)34-14-23(33)27(7)12-11-20-19(24(27)36-17(3)31)9-10-22-26(5,6)25(37-18(4)32)21(35-16(2)30)13-28(20,22)8/h19-25,33H,9-14H2,1-8H3. The Morgan fingerprint density at radius 2 is 1.38 bits per heavy atom. The van der Waals surface area contributed by atoms with Gasteiger partial charge in [0, 0.05) is 38.5 Å². The van der Waals surface area contributed by atoms with Gasteiger partial charge in [0.15, 0.2) is 0 Å². The molecule has 3 fully saturated rings. The maximum absolute atomic E-state index is 12.3. The SMILES string of the molecule is CC(=O)OCC(O)C1(C)CCC2C(CCC3C(C)(C)C(OC(C)=O)C(OC(C)=O)CC23C)C1OC(C)=O. The number of ether oxygens (including phenoxy) is 4. The third kappa shape index (κ3) is 5.52. The van der Waals surface area contributed by atoms with E-state index in [-0.39, 0.29) is 29.8 Å². The molecule has 3 saturated carbocycles. The van der Waals surface area contributed by atoms with Gasteiger partial charge >= 0.3 is 23.9 Å². The molecule has 0 aromatic heterocycles. The fourth-order valence-corrected chi connectivity index (χ4v) is 8.24. The van der Waals surface area contributed by atoms with Crippen LogP contribution in [0.5, 0.6) is 0 Å². The molecule has 9 heteroatoms. The Balaban J connectivity index is 2.00. The van der Waals surface area contributed by atoms with E-state index in [9.17, 15) is 24.3 Å². The number of carbonyl (C=O) groups is 4. The summed E-state index contributed by atoms with van der Waals surface area (Å²) in [5.74, 6) is -1.45. The monoisotopic (exact) mass is 524 g/mol. The minimum atomic E-state index is -0.989. The first-order chi connectivity index (χ1) is 17.0. The van der Waals surface area contributed by atoms with Crippen LogP contribution in [0.1, 0.15) is 87.5 Å². The molecule has 0 spiro atoms. The average molecular weight is 525 g/mol. The maximum atomic E-state index is 12.3. The van der Waals surface area contributed by atoms with E-state index in [0.717, 1.165) is 19.3 Å². The van der Waals surface area contributed by atoms with E-state index in [1.54, 1.807) is 0 Å². The quantitative estimate of drug-likeness (QED) is 0.410. The Kier molecular flexibility index (Phi) is 8.38. The topological polar surface area (TPSA) is 125 Å². The Hall–Kier alpha value is -2.16. The van der Waals surface area contributed by atoms with Crippen LogP contribution in [0, 0.1) is 34.0 Å². The van der Waals surface area contributed by atoms with Gasteiger partial charge in [0.25, 0.3) is 0 Å². The van der Waals surface area contributed by atoms with Crippen LogP contribution in [0.4, 0.5) is 0 Å². The van der Waals surface area contributed by atoms with Gasteiger partial charge in [0.2, 0.25) is 0 Å². The number of carbonyl (C=O) groups excluding carboxylic acids is 4. The highest BCUT2D eigenvalue weighted by atomic mass is 16.6. The van der Waals surface area contributed by atoms with Crippen molar-refractivity contribution < 1.29 is 43.2 Å². The lowest BCUT2D eigenvalue weighted by atomic mass is 9.41. The Bertz CT molecular complexity index is 913. The molecule has 9 nitrogen and oxygen atoms in total. The van der Waals surface area contributed by atoms with Crippen molar-refractivity contribution in [1.29, 1.82) is 0 Å². The van der Waals surface area contributed by atoms with Crippen LogP contribution >= 0.6 is 0 Å². The largest absolute Gasteiger partial charge is 0.463 e. The zero-order valence-corrected chi connectivity index (χ0v) is 23.5. The fourth-order valence-electron chi connectivity index (χ4n) is 8.24. The first-order valence-corrected chi connectivity index (χ1v) is 13.4. The van der Waals surface area contributed by atoms with E-state index in [1.807, 2.05) is 6.92 Å². The zero-order valence-electron chi connectivity index (χ0n) is 23.5. The van der Waals surface area contributed by atoms with Crippen molar-refractivity contribution in [3.8, 4) is 0 Å². The van der Waals surface area contributed by atoms with Crippen LogP contribution in [0.15, 0.2) is 0 Å². The van der Waals surface area contributed by atoms with Gasteiger partial charge in [-0.05, 0) is 55.3 Å². The van der Waals surface area contributed by atoms with Crippen LogP contribution in [0.2, 0.25) is 0 Å². The molecule has 0 bridgehead atoms. The van der Waals surface area contributed by atoms with Gasteiger partial charge in [-0.3, -0.25) is 19.2 Å². The second kappa shape index (κ2) is 10.5. The van der Waals surface area contributed by atoms with E-state index in [0.29, 0.717) is 12.8 Å². The molecule has 0 heterocycles. The number of aliphatic hydroxyl groups excluding tert-OH is 1. The lowest BCUT2D eigenvalue weighted by molar-refractivity contribution is -0.247. The van der Waals surface area contributed by atoms with Gasteiger partial charge in [-0.1, -0.05) is 27.7 Å². The zero-order chi connectivity index (χ0) is 27.9. The van der Waals surface area contributed by atoms with Gasteiger partial charge in [-0.15, -0.1) is 0 Å². The first kappa shape index (κ1) is 29.4. The second-order valence-corrected chi connectivity index (χ2v) is 12.5. The number of rotatable bonds is 6. The highest BCUT2D eigenvalue weighted by Crippen LogP contribution is 2.66. The van der Waals surface area contributed by atoms with Crippen molar-refractivity contribution in [3.05, 3.63) is 0 Å². The van der Waals surface area contributed by atoms with E-state index in [2.05, 4.69) is 20.8 Å². The molecule has 9 atom stereocenters. The number of hydrogen-bond acceptors (Lipinski definition) is 9. The van der Waals surface area contributed by atoms with Gasteiger partial charge in [0.05, 0.1) is 6.10 Å². The summed E-state index contributed by atoms with van der Waals surface area (Å²) in [6.45, 7) is 13.5. The third-order valence-electron chi connectivity index (χ3n) is 9.70. The predicted octanol–water partition coefficient (Wildman–Crippen LogP) is 3.58. The molecule has 37 heavy (non-hydrogen) atoms. The summed E-state index contributed by atoms with van der Waals surface area (Å²) in [6, 6.07) is 0. The molecule has 1 N–H and O–H groups in total.